The number of H-pyrrole nitrogens is 3. The van der Waals surface area contributed by atoms with Crippen molar-refractivity contribution in [3.05, 3.63) is 185 Å². The van der Waals surface area contributed by atoms with E-state index in [1.165, 1.54) is 28.1 Å². The molecule has 0 amide bonds. The summed E-state index contributed by atoms with van der Waals surface area (Å²) in [4.78, 5) is 42.4. The Kier molecular flexibility index (Phi) is 12.3. The molecule has 300 valence electrons. The first-order valence-corrected chi connectivity index (χ1v) is 19.2. The van der Waals surface area contributed by atoms with Gasteiger partial charge in [-0.2, -0.15) is 0 Å². The summed E-state index contributed by atoms with van der Waals surface area (Å²) in [7, 11) is 0. The molecule has 0 saturated carbocycles. The van der Waals surface area contributed by atoms with Gasteiger partial charge in [0, 0.05) is 59.6 Å². The van der Waals surface area contributed by atoms with Gasteiger partial charge in [0.2, 0.25) is 0 Å². The van der Waals surface area contributed by atoms with Crippen molar-refractivity contribution in [3.8, 4) is 33.4 Å². The second kappa shape index (κ2) is 18.2. The molecule has 9 aromatic rings. The molecule has 0 aliphatic carbocycles. The van der Waals surface area contributed by atoms with Gasteiger partial charge >= 0.3 is 11.9 Å². The first-order valence-electron chi connectivity index (χ1n) is 19.2. The van der Waals surface area contributed by atoms with Gasteiger partial charge in [-0.1, -0.05) is 127 Å². The number of aromatic amines is 3. The fourth-order valence-electron chi connectivity index (χ4n) is 7.30. The van der Waals surface area contributed by atoms with E-state index in [1.54, 1.807) is 12.3 Å². The summed E-state index contributed by atoms with van der Waals surface area (Å²) in [5.74, 6) is -2.13. The third-order valence-corrected chi connectivity index (χ3v) is 10.2. The van der Waals surface area contributed by atoms with Crippen molar-refractivity contribution in [2.45, 2.75) is 24.9 Å². The van der Waals surface area contributed by atoms with Gasteiger partial charge in [0.15, 0.2) is 0 Å². The minimum absolute atomic E-state index is 0.00835. The highest BCUT2D eigenvalue weighted by Crippen LogP contribution is 2.36. The minimum atomic E-state index is -1.15. The van der Waals surface area contributed by atoms with Gasteiger partial charge in [-0.25, -0.2) is 0 Å². The molecule has 3 heterocycles. The summed E-state index contributed by atoms with van der Waals surface area (Å²) in [6.07, 6.45) is 5.74. The van der Waals surface area contributed by atoms with Crippen LogP contribution in [0, 0.1) is 10.1 Å². The lowest BCUT2D eigenvalue weighted by atomic mass is 9.98. The third-order valence-electron chi connectivity index (χ3n) is 10.2. The Morgan fingerprint density at radius 3 is 1.58 bits per heavy atom. The molecule has 0 radical (unpaired) electrons. The predicted molar refractivity (Wildman–Crippen MR) is 236 cm³/mol. The lowest BCUT2D eigenvalue weighted by Gasteiger charge is -2.07. The van der Waals surface area contributed by atoms with Gasteiger partial charge in [-0.3, -0.25) is 19.7 Å². The van der Waals surface area contributed by atoms with Crippen molar-refractivity contribution >= 4 is 50.3 Å². The molecule has 12 nitrogen and oxygen atoms in total. The van der Waals surface area contributed by atoms with E-state index in [0.717, 1.165) is 38.7 Å². The number of nitro groups is 1. The number of hydrogen-bond donors (Lipinski definition) is 7. The Labute approximate surface area is 344 Å². The van der Waals surface area contributed by atoms with E-state index >= 15 is 0 Å². The first kappa shape index (κ1) is 40.4. The maximum atomic E-state index is 11.4. The number of carboxylic acids is 2. The average Bonchev–Trinajstić information content (AvgIpc) is 4.04. The maximum Gasteiger partial charge on any atom is 0.320 e. The molecule has 0 aliphatic heterocycles. The van der Waals surface area contributed by atoms with Crippen molar-refractivity contribution in [2.24, 2.45) is 11.5 Å². The Morgan fingerprint density at radius 1 is 0.550 bits per heavy atom. The topological polar surface area (TPSA) is 217 Å². The van der Waals surface area contributed by atoms with E-state index in [1.807, 2.05) is 79.1 Å². The summed E-state index contributed by atoms with van der Waals surface area (Å²) >= 11 is 0. The normalized spacial score (nSPS) is 11.9. The zero-order chi connectivity index (χ0) is 42.2. The lowest BCUT2D eigenvalue weighted by Crippen LogP contribution is -2.32. The summed E-state index contributed by atoms with van der Waals surface area (Å²) in [6.45, 7) is 0. The van der Waals surface area contributed by atoms with Crippen LogP contribution in [0.2, 0.25) is 0 Å². The Morgan fingerprint density at radius 2 is 1.03 bits per heavy atom. The molecule has 6 aromatic carbocycles. The summed E-state index contributed by atoms with van der Waals surface area (Å²) in [5.41, 5.74) is 21.9. The SMILES string of the molecule is N[C@@H](Cc1c[nH]c2c(-c3ccccc3)ccc([N+](=O)[O-])c12)C(=O)O.N[C@@H](Cc1c[nH]c2c(-c3ccccc3)cccc12)C(=O)O.c1ccc(-c2cccc3cc[nH]c23)cc1. The molecule has 0 aliphatic rings. The molecule has 2 atom stereocenters. The van der Waals surface area contributed by atoms with Crippen LogP contribution in [0.5, 0.6) is 0 Å². The Balaban J connectivity index is 0.000000139. The second-order valence-corrected chi connectivity index (χ2v) is 14.1. The zero-order valence-electron chi connectivity index (χ0n) is 32.3. The number of carboxylic acid groups (broad SMARTS) is 2. The fourth-order valence-corrected chi connectivity index (χ4v) is 7.30. The standard InChI is InChI=1S/C17H15N3O4.C17H16N2O2.C14H11N/c18-13(17(21)22)8-11-9-19-16-12(10-4-2-1-3-5-10)6-7-14(15(11)16)20(23)24;18-15(17(20)21)9-12-10-19-16-13(7-4-8-14(12)16)11-5-2-1-3-6-11;1-2-5-11(6-3-1)13-8-4-7-12-9-10-15-14(12)13/h1-7,9,13,19H,8,18H2,(H,21,22);1-8,10,15,19H,9,18H2,(H,20,21);1-10,15H/t13-;15-;/m00./s1. The van der Waals surface area contributed by atoms with Crippen LogP contribution < -0.4 is 11.5 Å². The van der Waals surface area contributed by atoms with Crippen molar-refractivity contribution in [1.82, 2.24) is 15.0 Å². The monoisotopic (exact) mass is 798 g/mol. The summed E-state index contributed by atoms with van der Waals surface area (Å²) in [5, 5.41) is 32.0. The highest BCUT2D eigenvalue weighted by Gasteiger charge is 2.23. The van der Waals surface area contributed by atoms with Gasteiger partial charge in [0.1, 0.15) is 12.1 Å². The Bertz CT molecular complexity index is 2900. The molecule has 9 rings (SSSR count). The molecular weight excluding hydrogens is 757 g/mol. The highest BCUT2D eigenvalue weighted by molar-refractivity contribution is 6.02. The maximum absolute atomic E-state index is 11.4. The van der Waals surface area contributed by atoms with Crippen LogP contribution in [0.4, 0.5) is 5.69 Å². The number of hydrogen-bond acceptors (Lipinski definition) is 6. The molecule has 3 aromatic heterocycles. The molecular formula is C48H42N6O6. The Hall–Kier alpha value is -7.80. The van der Waals surface area contributed by atoms with Crippen molar-refractivity contribution in [1.29, 1.82) is 0 Å². The zero-order valence-corrected chi connectivity index (χ0v) is 32.3. The number of aromatic nitrogens is 3. The molecule has 0 saturated heterocycles. The minimum Gasteiger partial charge on any atom is -0.480 e. The highest BCUT2D eigenvalue weighted by atomic mass is 16.6. The van der Waals surface area contributed by atoms with E-state index in [0.29, 0.717) is 22.9 Å². The van der Waals surface area contributed by atoms with Gasteiger partial charge in [0.25, 0.3) is 5.69 Å². The van der Waals surface area contributed by atoms with E-state index in [4.69, 9.17) is 21.7 Å². The van der Waals surface area contributed by atoms with Crippen molar-refractivity contribution < 1.29 is 24.7 Å². The van der Waals surface area contributed by atoms with Gasteiger partial charge < -0.3 is 36.6 Å². The number of non-ortho nitro benzene ring substituents is 1. The van der Waals surface area contributed by atoms with Crippen LogP contribution in [0.3, 0.4) is 0 Å². The molecule has 12 heteroatoms. The second-order valence-electron chi connectivity index (χ2n) is 14.1. The molecule has 0 bridgehead atoms. The number of para-hydroxylation sites is 2. The number of nitrogens with zero attached hydrogens (tertiary/aromatic N) is 1. The quantitative estimate of drug-likeness (QED) is 0.0521. The molecule has 0 unspecified atom stereocenters. The molecule has 0 spiro atoms. The molecule has 9 N–H and O–H groups in total. The van der Waals surface area contributed by atoms with E-state index in [2.05, 4.69) is 81.7 Å². The smallest absolute Gasteiger partial charge is 0.320 e. The number of benzene rings is 6. The molecule has 0 fully saturated rings. The van der Waals surface area contributed by atoms with Crippen LogP contribution in [0.15, 0.2) is 164 Å². The van der Waals surface area contributed by atoms with E-state index in [9.17, 15) is 19.7 Å². The number of carbonyl (C=O) groups is 2. The predicted octanol–water partition coefficient (Wildman–Crippen LogP) is 9.32. The van der Waals surface area contributed by atoms with Crippen LogP contribution in [-0.2, 0) is 22.4 Å². The van der Waals surface area contributed by atoms with E-state index in [-0.39, 0.29) is 12.1 Å². The van der Waals surface area contributed by atoms with Crippen molar-refractivity contribution in [2.75, 3.05) is 0 Å². The summed E-state index contributed by atoms with van der Waals surface area (Å²) in [6, 6.07) is 45.6. The van der Waals surface area contributed by atoms with Crippen LogP contribution >= 0.6 is 0 Å². The largest absolute Gasteiger partial charge is 0.480 e. The fraction of sp³-hybridized carbons (Fsp3) is 0.0833. The number of rotatable bonds is 10. The third kappa shape index (κ3) is 8.85. The number of fused-ring (bicyclic) bond motifs is 3. The average molecular weight is 799 g/mol. The lowest BCUT2D eigenvalue weighted by molar-refractivity contribution is -0.383. The van der Waals surface area contributed by atoms with Gasteiger partial charge in [-0.05, 0) is 45.3 Å². The summed E-state index contributed by atoms with van der Waals surface area (Å²) < 4.78 is 0. The van der Waals surface area contributed by atoms with Crippen LogP contribution in [0.1, 0.15) is 11.1 Å². The number of nitrogens with one attached hydrogen (secondary N) is 3. The van der Waals surface area contributed by atoms with E-state index < -0.39 is 28.9 Å². The van der Waals surface area contributed by atoms with Gasteiger partial charge in [0.05, 0.1) is 26.9 Å². The van der Waals surface area contributed by atoms with Crippen LogP contribution in [-0.4, -0.2) is 54.1 Å². The van der Waals surface area contributed by atoms with Gasteiger partial charge in [-0.15, -0.1) is 0 Å². The van der Waals surface area contributed by atoms with Crippen LogP contribution in [0.25, 0.3) is 66.1 Å². The number of nitro benzene ring substituents is 1. The first-order chi connectivity index (χ1) is 29.1. The number of nitrogens with two attached hydrogens (primary N) is 2. The number of aliphatic carboxylic acids is 2. The molecule has 60 heavy (non-hydrogen) atoms. The van der Waals surface area contributed by atoms with Crippen molar-refractivity contribution in [3.63, 3.8) is 0 Å².